The van der Waals surface area contributed by atoms with Gasteiger partial charge in [0.05, 0.1) is 5.69 Å². The first-order chi connectivity index (χ1) is 15.7. The predicted molar refractivity (Wildman–Crippen MR) is 127 cm³/mol. The molecule has 0 spiro atoms. The molecule has 0 aliphatic heterocycles. The van der Waals surface area contributed by atoms with Gasteiger partial charge < -0.3 is 10.1 Å². The summed E-state index contributed by atoms with van der Waals surface area (Å²) in [5, 5.41) is 8.33. The quantitative estimate of drug-likeness (QED) is 0.428. The van der Waals surface area contributed by atoms with E-state index in [1.807, 2.05) is 64.2 Å². The monoisotopic (exact) mass is 442 g/mol. The minimum atomic E-state index is -0.531. The number of nitrogens with one attached hydrogen (secondary N) is 1. The van der Waals surface area contributed by atoms with Gasteiger partial charge in [0, 0.05) is 29.9 Å². The maximum atomic E-state index is 12.0. The number of fused-ring (bicyclic) bond motifs is 1. The van der Waals surface area contributed by atoms with Gasteiger partial charge in [-0.1, -0.05) is 18.2 Å². The minimum absolute atomic E-state index is 0.390. The van der Waals surface area contributed by atoms with Gasteiger partial charge in [-0.05, 0) is 80.3 Å². The SMILES string of the molecule is Cc1cc(-c2ccnc3nn(-c4ccc(C=O)cc4)cc23)ccc1CNC(=O)OC(C)(C)C. The van der Waals surface area contributed by atoms with Gasteiger partial charge in [0.2, 0.25) is 0 Å². The number of aldehydes is 1. The van der Waals surface area contributed by atoms with Crippen molar-refractivity contribution >= 4 is 23.4 Å². The summed E-state index contributed by atoms with van der Waals surface area (Å²) in [4.78, 5) is 27.3. The van der Waals surface area contributed by atoms with Gasteiger partial charge in [-0.15, -0.1) is 5.10 Å². The zero-order valence-electron chi connectivity index (χ0n) is 19.1. The Hall–Kier alpha value is -4.00. The van der Waals surface area contributed by atoms with Crippen molar-refractivity contribution in [3.05, 3.63) is 77.6 Å². The largest absolute Gasteiger partial charge is 0.444 e. The van der Waals surface area contributed by atoms with E-state index in [-0.39, 0.29) is 0 Å². The lowest BCUT2D eigenvalue weighted by molar-refractivity contribution is 0.0523. The van der Waals surface area contributed by atoms with Crippen LogP contribution >= 0.6 is 0 Å². The molecule has 0 fully saturated rings. The molecule has 0 saturated heterocycles. The van der Waals surface area contributed by atoms with Crippen molar-refractivity contribution in [2.45, 2.75) is 39.8 Å². The Kier molecular flexibility index (Phi) is 5.96. The second-order valence-corrected chi connectivity index (χ2v) is 8.88. The Morgan fingerprint density at radius 3 is 2.55 bits per heavy atom. The molecule has 33 heavy (non-hydrogen) atoms. The number of ether oxygens (including phenoxy) is 1. The van der Waals surface area contributed by atoms with Crippen molar-refractivity contribution in [2.75, 3.05) is 0 Å². The van der Waals surface area contributed by atoms with Gasteiger partial charge in [0.15, 0.2) is 5.65 Å². The molecule has 0 aliphatic carbocycles. The highest BCUT2D eigenvalue weighted by atomic mass is 16.6. The highest BCUT2D eigenvalue weighted by Gasteiger charge is 2.16. The Labute approximate surface area is 192 Å². The van der Waals surface area contributed by atoms with E-state index in [0.29, 0.717) is 17.8 Å². The lowest BCUT2D eigenvalue weighted by Gasteiger charge is -2.20. The number of rotatable bonds is 5. The molecule has 4 rings (SSSR count). The molecule has 2 aromatic carbocycles. The second kappa shape index (κ2) is 8.86. The van der Waals surface area contributed by atoms with E-state index in [9.17, 15) is 9.59 Å². The molecule has 1 amide bonds. The zero-order chi connectivity index (χ0) is 23.6. The molecule has 4 aromatic rings. The molecule has 0 atom stereocenters. The van der Waals surface area contributed by atoms with E-state index < -0.39 is 11.7 Å². The fourth-order valence-electron chi connectivity index (χ4n) is 3.56. The van der Waals surface area contributed by atoms with Gasteiger partial charge in [-0.2, -0.15) is 0 Å². The molecule has 0 unspecified atom stereocenters. The molecule has 1 N–H and O–H groups in total. The summed E-state index contributed by atoms with van der Waals surface area (Å²) in [5.74, 6) is 0. The first-order valence-corrected chi connectivity index (χ1v) is 10.7. The number of carbonyl (C=O) groups is 2. The summed E-state index contributed by atoms with van der Waals surface area (Å²) < 4.78 is 7.07. The number of pyridine rings is 1. The van der Waals surface area contributed by atoms with Crippen molar-refractivity contribution in [2.24, 2.45) is 0 Å². The maximum absolute atomic E-state index is 12.0. The lowest BCUT2D eigenvalue weighted by atomic mass is 9.99. The molecule has 2 heterocycles. The second-order valence-electron chi connectivity index (χ2n) is 8.88. The zero-order valence-corrected chi connectivity index (χ0v) is 19.1. The third-order valence-corrected chi connectivity index (χ3v) is 5.19. The average molecular weight is 443 g/mol. The number of carbonyl (C=O) groups excluding carboxylic acids is 2. The van der Waals surface area contributed by atoms with Gasteiger partial charge in [0.25, 0.3) is 0 Å². The normalized spacial score (nSPS) is 11.4. The van der Waals surface area contributed by atoms with Crippen LogP contribution in [0.3, 0.4) is 0 Å². The summed E-state index contributed by atoms with van der Waals surface area (Å²) in [6.07, 6.45) is 4.08. The predicted octanol–water partition coefficient (Wildman–Crippen LogP) is 5.23. The fraction of sp³-hybridized carbons (Fsp3) is 0.231. The van der Waals surface area contributed by atoms with Gasteiger partial charge >= 0.3 is 6.09 Å². The van der Waals surface area contributed by atoms with Crippen LogP contribution in [-0.2, 0) is 11.3 Å². The van der Waals surface area contributed by atoms with Crippen molar-refractivity contribution in [1.82, 2.24) is 20.1 Å². The molecular weight excluding hydrogens is 416 g/mol. The lowest BCUT2D eigenvalue weighted by Crippen LogP contribution is -2.32. The first-order valence-electron chi connectivity index (χ1n) is 10.7. The molecule has 168 valence electrons. The van der Waals surface area contributed by atoms with Crippen LogP contribution in [0, 0.1) is 6.92 Å². The Morgan fingerprint density at radius 1 is 1.12 bits per heavy atom. The van der Waals surface area contributed by atoms with Crippen LogP contribution in [0.4, 0.5) is 4.79 Å². The van der Waals surface area contributed by atoms with Crippen molar-refractivity contribution in [3.8, 4) is 16.8 Å². The summed E-state index contributed by atoms with van der Waals surface area (Å²) in [5.41, 5.74) is 5.71. The number of amides is 1. The van der Waals surface area contributed by atoms with Crippen LogP contribution in [0.1, 0.15) is 42.3 Å². The number of hydrogen-bond donors (Lipinski definition) is 1. The van der Waals surface area contributed by atoms with E-state index in [4.69, 9.17) is 4.74 Å². The van der Waals surface area contributed by atoms with E-state index >= 15 is 0 Å². The Bertz CT molecular complexity index is 1320. The van der Waals surface area contributed by atoms with Crippen molar-refractivity contribution < 1.29 is 14.3 Å². The smallest absolute Gasteiger partial charge is 0.407 e. The van der Waals surface area contributed by atoms with Gasteiger partial charge in [0.1, 0.15) is 11.9 Å². The topological polar surface area (TPSA) is 86.1 Å². The molecular formula is C26H26N4O3. The van der Waals surface area contributed by atoms with Crippen LogP contribution in [0.5, 0.6) is 0 Å². The Balaban J connectivity index is 1.59. The maximum Gasteiger partial charge on any atom is 0.407 e. The molecule has 0 bridgehead atoms. The van der Waals surface area contributed by atoms with Crippen LogP contribution in [0.25, 0.3) is 27.8 Å². The van der Waals surface area contributed by atoms with E-state index in [1.54, 1.807) is 23.0 Å². The van der Waals surface area contributed by atoms with Crippen LogP contribution in [0.2, 0.25) is 0 Å². The fourth-order valence-corrected chi connectivity index (χ4v) is 3.56. The average Bonchev–Trinajstić information content (AvgIpc) is 3.21. The first kappa shape index (κ1) is 22.2. The molecule has 0 radical (unpaired) electrons. The molecule has 7 heteroatoms. The standard InChI is InChI=1S/C26H26N4O3/c1-17-13-19(7-8-20(17)14-28-25(32)33-26(2,3)4)22-11-12-27-24-23(22)15-30(29-24)21-9-5-18(16-31)6-10-21/h5-13,15-16H,14H2,1-4H3,(H,28,32). The van der Waals surface area contributed by atoms with Crippen molar-refractivity contribution in [1.29, 1.82) is 0 Å². The number of hydrogen-bond acceptors (Lipinski definition) is 5. The van der Waals surface area contributed by atoms with E-state index in [2.05, 4.69) is 21.5 Å². The number of aromatic nitrogens is 3. The molecule has 7 nitrogen and oxygen atoms in total. The third-order valence-electron chi connectivity index (χ3n) is 5.19. The van der Waals surface area contributed by atoms with Crippen LogP contribution < -0.4 is 5.32 Å². The molecule has 0 saturated carbocycles. The highest BCUT2D eigenvalue weighted by molar-refractivity contribution is 5.92. The van der Waals surface area contributed by atoms with Gasteiger partial charge in [-0.3, -0.25) is 4.79 Å². The number of aryl methyl sites for hydroxylation is 1. The van der Waals surface area contributed by atoms with Crippen molar-refractivity contribution in [3.63, 3.8) is 0 Å². The summed E-state index contributed by atoms with van der Waals surface area (Å²) in [7, 11) is 0. The number of benzene rings is 2. The van der Waals surface area contributed by atoms with Crippen LogP contribution in [0.15, 0.2) is 60.9 Å². The van der Waals surface area contributed by atoms with E-state index in [0.717, 1.165) is 39.6 Å². The third kappa shape index (κ3) is 5.09. The minimum Gasteiger partial charge on any atom is -0.444 e. The molecule has 0 aliphatic rings. The summed E-state index contributed by atoms with van der Waals surface area (Å²) in [6, 6.07) is 15.3. The number of nitrogens with zero attached hydrogens (tertiary/aromatic N) is 3. The summed E-state index contributed by atoms with van der Waals surface area (Å²) in [6.45, 7) is 7.92. The highest BCUT2D eigenvalue weighted by Crippen LogP contribution is 2.29. The Morgan fingerprint density at radius 2 is 1.88 bits per heavy atom. The van der Waals surface area contributed by atoms with Gasteiger partial charge in [-0.25, -0.2) is 14.5 Å². The summed E-state index contributed by atoms with van der Waals surface area (Å²) >= 11 is 0. The molecule has 2 aromatic heterocycles. The van der Waals surface area contributed by atoms with E-state index in [1.165, 1.54) is 0 Å². The number of alkyl carbamates (subject to hydrolysis) is 1. The van der Waals surface area contributed by atoms with Crippen LogP contribution in [-0.4, -0.2) is 32.7 Å².